The summed E-state index contributed by atoms with van der Waals surface area (Å²) < 4.78 is 84.4. The minimum atomic E-state index is -4.73. The average Bonchev–Trinajstić information content (AvgIpc) is 3.39. The van der Waals surface area contributed by atoms with Crippen LogP contribution in [0, 0.1) is 6.92 Å². The molecule has 240 valence electrons. The van der Waals surface area contributed by atoms with Crippen molar-refractivity contribution >= 4 is 33.3 Å². The van der Waals surface area contributed by atoms with Gasteiger partial charge in [0.05, 0.1) is 26.2 Å². The molecule has 0 amide bonds. The fourth-order valence-electron chi connectivity index (χ4n) is 3.87. The van der Waals surface area contributed by atoms with Gasteiger partial charge in [-0.15, -0.1) is 0 Å². The Kier molecular flexibility index (Phi) is 11.1. The molecule has 0 unspecified atom stereocenters. The van der Waals surface area contributed by atoms with E-state index in [1.165, 1.54) is 39.6 Å². The number of aromatic nitrogens is 5. The smallest absolute Gasteiger partial charge is 0.435 e. The molecule has 0 aliphatic carbocycles. The first kappa shape index (κ1) is 34.3. The summed E-state index contributed by atoms with van der Waals surface area (Å²) in [4.78, 5) is 25.7. The zero-order chi connectivity index (χ0) is 32.0. The Balaban J connectivity index is 0.00000552. The number of rotatable bonds is 11. The van der Waals surface area contributed by atoms with Crippen LogP contribution in [0.3, 0.4) is 0 Å². The summed E-state index contributed by atoms with van der Waals surface area (Å²) in [5.74, 6) is -0.229. The van der Waals surface area contributed by atoms with Crippen LogP contribution >= 0.6 is 0 Å². The van der Waals surface area contributed by atoms with Crippen LogP contribution in [-0.4, -0.2) is 71.9 Å². The van der Waals surface area contributed by atoms with Crippen LogP contribution in [0.15, 0.2) is 42.7 Å². The molecule has 0 bridgehead atoms. The van der Waals surface area contributed by atoms with Gasteiger partial charge in [-0.05, 0) is 26.0 Å². The van der Waals surface area contributed by atoms with Gasteiger partial charge >= 0.3 is 12.1 Å². The molecule has 0 aliphatic heterocycles. The number of ether oxygens (including phenoxy) is 4. The number of anilines is 2. The Labute approximate surface area is 257 Å². The van der Waals surface area contributed by atoms with Crippen LogP contribution in [0.4, 0.5) is 24.8 Å². The maximum absolute atomic E-state index is 13.6. The topological polar surface area (TPSA) is 157 Å². The van der Waals surface area contributed by atoms with Crippen molar-refractivity contribution in [3.8, 4) is 34.3 Å². The van der Waals surface area contributed by atoms with Gasteiger partial charge in [-0.3, -0.25) is 0 Å². The summed E-state index contributed by atoms with van der Waals surface area (Å²) in [5, 5.41) is 7.53. The van der Waals surface area contributed by atoms with Gasteiger partial charge in [0.2, 0.25) is 22.1 Å². The van der Waals surface area contributed by atoms with Crippen molar-refractivity contribution in [2.75, 3.05) is 32.8 Å². The van der Waals surface area contributed by atoms with Crippen molar-refractivity contribution < 1.29 is 45.3 Å². The number of nitrogens with one attached hydrogen (secondary N) is 1. The highest BCUT2D eigenvalue weighted by Crippen LogP contribution is 2.34. The number of methoxy groups -OCH3 is 2. The molecule has 4 aromatic rings. The van der Waals surface area contributed by atoms with Crippen molar-refractivity contribution in [3.05, 3.63) is 59.7 Å². The normalized spacial score (nSPS) is 10.8. The number of halogens is 3. The lowest BCUT2D eigenvalue weighted by atomic mass is 10.1. The summed E-state index contributed by atoms with van der Waals surface area (Å²) in [6.07, 6.45) is -2.15. The molecule has 13 nitrogen and oxygen atoms in total. The Bertz CT molecular complexity index is 1800. The highest BCUT2D eigenvalue weighted by Gasteiger charge is 2.35. The van der Waals surface area contributed by atoms with E-state index in [1.54, 1.807) is 25.1 Å². The molecule has 45 heavy (non-hydrogen) atoms. The van der Waals surface area contributed by atoms with Crippen molar-refractivity contribution in [2.45, 2.75) is 27.5 Å². The number of alkyl halides is 3. The van der Waals surface area contributed by atoms with Crippen LogP contribution in [0.1, 0.15) is 36.1 Å². The van der Waals surface area contributed by atoms with Crippen molar-refractivity contribution in [3.63, 3.8) is 0 Å². The summed E-state index contributed by atoms with van der Waals surface area (Å²) in [5.41, 5.74) is -0.408. The highest BCUT2D eigenvalue weighted by atomic mass is 32.2. The van der Waals surface area contributed by atoms with Gasteiger partial charge in [-0.2, -0.15) is 31.7 Å². The van der Waals surface area contributed by atoms with E-state index < -0.39 is 34.7 Å². The molecule has 0 atom stereocenters. The molecule has 3 heterocycles. The lowest BCUT2D eigenvalue weighted by Crippen LogP contribution is -2.12. The number of nitrogens with zero attached hydrogens (tertiary/aromatic N) is 5. The molecular weight excluding hydrogens is 621 g/mol. The maximum atomic E-state index is 13.6. The number of hydrogen-bond donors (Lipinski definition) is 1. The van der Waals surface area contributed by atoms with Crippen LogP contribution in [-0.2, 0) is 21.2 Å². The van der Waals surface area contributed by atoms with E-state index in [0.29, 0.717) is 17.2 Å². The third-order valence-electron chi connectivity index (χ3n) is 5.84. The number of esters is 1. The maximum Gasteiger partial charge on any atom is 0.435 e. The van der Waals surface area contributed by atoms with E-state index in [4.69, 9.17) is 18.9 Å². The zero-order valence-corrected chi connectivity index (χ0v) is 24.5. The first-order valence-electron chi connectivity index (χ1n) is 12.7. The molecule has 17 heteroatoms. The Morgan fingerprint density at radius 2 is 1.73 bits per heavy atom. The molecule has 0 aliphatic rings. The number of carbonyl (C=O) groups excluding carboxylic acids is 1. The molecule has 0 saturated heterocycles. The second-order valence-electron chi connectivity index (χ2n) is 8.77. The number of carbonyl (C=O) groups is 1. The fraction of sp³-hybridized carbons (Fsp3) is 0.286. The zero-order valence-electron chi connectivity index (χ0n) is 23.7. The molecule has 1 aromatic carbocycles. The standard InChI is InChI=1S/C27H25F3N6O7S.CH4/c1-5-42-25(37)20-9-16(13-31-24(20)43-6-7-44(38)39)21-14-32-26(33-17-10-18(40-3)12-19(11-17)41-4)34-23(21)36-15(2)8-22(35-36)27(28,29)30;/h7-14H,5-6H2,1-4H3,(H,32,33,34);1H4. The quantitative estimate of drug-likeness (QED) is 0.177. The average molecular weight is 651 g/mol. The SMILES string of the molecule is C.CCOC(=O)c1cc(-c2cnc(Nc3cc(OC)cc(OC)c3)nc2-n2nc(C(F)(F)F)cc2C)cnc1OCC=S(=O)=O. The third kappa shape index (κ3) is 8.26. The van der Waals surface area contributed by atoms with Crippen LogP contribution < -0.4 is 19.5 Å². The first-order valence-corrected chi connectivity index (χ1v) is 13.8. The van der Waals surface area contributed by atoms with Crippen molar-refractivity contribution in [1.82, 2.24) is 24.7 Å². The van der Waals surface area contributed by atoms with E-state index >= 15 is 0 Å². The van der Waals surface area contributed by atoms with Gasteiger partial charge in [0.1, 0.15) is 23.7 Å². The Morgan fingerprint density at radius 1 is 1.04 bits per heavy atom. The molecule has 0 fully saturated rings. The largest absolute Gasteiger partial charge is 0.497 e. The number of benzene rings is 1. The molecular formula is C28H29F3N6O7S. The molecule has 0 saturated carbocycles. The van der Waals surface area contributed by atoms with E-state index in [0.717, 1.165) is 16.1 Å². The Morgan fingerprint density at radius 3 is 2.31 bits per heavy atom. The van der Waals surface area contributed by atoms with Crippen LogP contribution in [0.5, 0.6) is 17.4 Å². The van der Waals surface area contributed by atoms with Gasteiger partial charge in [0.25, 0.3) is 0 Å². The number of pyridine rings is 1. The molecule has 1 N–H and O–H groups in total. The second kappa shape index (κ2) is 14.5. The minimum absolute atomic E-state index is 0. The molecule has 3 aromatic heterocycles. The number of aryl methyl sites for hydroxylation is 1. The summed E-state index contributed by atoms with van der Waals surface area (Å²) in [6.45, 7) is 2.60. The van der Waals surface area contributed by atoms with Crippen molar-refractivity contribution in [2.24, 2.45) is 0 Å². The third-order valence-corrected chi connectivity index (χ3v) is 6.24. The monoisotopic (exact) mass is 650 g/mol. The Hall–Kier alpha value is -5.19. The van der Waals surface area contributed by atoms with E-state index in [2.05, 4.69) is 25.4 Å². The van der Waals surface area contributed by atoms with Crippen molar-refractivity contribution in [1.29, 1.82) is 0 Å². The predicted octanol–water partition coefficient (Wildman–Crippen LogP) is 4.69. The van der Waals surface area contributed by atoms with E-state index in [-0.39, 0.29) is 54.1 Å². The molecule has 4 rings (SSSR count). The van der Waals surface area contributed by atoms with Crippen LogP contribution in [0.2, 0.25) is 0 Å². The first-order chi connectivity index (χ1) is 20.9. The van der Waals surface area contributed by atoms with Gasteiger partial charge in [0, 0.05) is 53.1 Å². The summed E-state index contributed by atoms with van der Waals surface area (Å²) in [7, 11) is 0.425. The highest BCUT2D eigenvalue weighted by molar-refractivity contribution is 7.71. The van der Waals surface area contributed by atoms with Gasteiger partial charge in [0.15, 0.2) is 11.5 Å². The van der Waals surface area contributed by atoms with Crippen LogP contribution in [0.25, 0.3) is 16.9 Å². The van der Waals surface area contributed by atoms with Gasteiger partial charge < -0.3 is 24.3 Å². The number of hydrogen-bond acceptors (Lipinski definition) is 12. The predicted molar refractivity (Wildman–Crippen MR) is 158 cm³/mol. The fourth-order valence-corrected chi connectivity index (χ4v) is 4.05. The van der Waals surface area contributed by atoms with E-state index in [1.807, 2.05) is 0 Å². The lowest BCUT2D eigenvalue weighted by molar-refractivity contribution is -0.141. The molecule has 0 spiro atoms. The van der Waals surface area contributed by atoms with E-state index in [9.17, 15) is 26.4 Å². The van der Waals surface area contributed by atoms with Gasteiger partial charge in [-0.1, -0.05) is 7.43 Å². The lowest BCUT2D eigenvalue weighted by Gasteiger charge is -2.15. The minimum Gasteiger partial charge on any atom is -0.497 e. The second-order valence-corrected chi connectivity index (χ2v) is 9.63. The molecule has 0 radical (unpaired) electrons. The summed E-state index contributed by atoms with van der Waals surface area (Å²) in [6, 6.07) is 7.09. The summed E-state index contributed by atoms with van der Waals surface area (Å²) >= 11 is 0. The van der Waals surface area contributed by atoms with Gasteiger partial charge in [-0.25, -0.2) is 19.4 Å².